The molecule has 2 aromatic carbocycles. The molecule has 1 aliphatic heterocycles. The van der Waals surface area contributed by atoms with E-state index in [0.29, 0.717) is 43.2 Å². The van der Waals surface area contributed by atoms with Gasteiger partial charge in [0.1, 0.15) is 0 Å². The molecule has 1 aromatic heterocycles. The van der Waals surface area contributed by atoms with E-state index in [1.165, 1.54) is 39.9 Å². The van der Waals surface area contributed by atoms with Crippen LogP contribution in [0.2, 0.25) is 0 Å². The average Bonchev–Trinajstić information content (AvgIpc) is 3.14. The highest BCUT2D eigenvalue weighted by Crippen LogP contribution is 2.23. The molecule has 0 bridgehead atoms. The van der Waals surface area contributed by atoms with E-state index in [0.717, 1.165) is 14.7 Å². The summed E-state index contributed by atoms with van der Waals surface area (Å²) in [5.74, 6) is -0.432. The Hall–Kier alpha value is -1.89. The third kappa shape index (κ3) is 5.92. The van der Waals surface area contributed by atoms with Gasteiger partial charge in [-0.1, -0.05) is 27.3 Å². The van der Waals surface area contributed by atoms with Gasteiger partial charge in [0.05, 0.1) is 33.9 Å². The van der Waals surface area contributed by atoms with E-state index in [1.54, 1.807) is 0 Å². The van der Waals surface area contributed by atoms with Crippen LogP contribution in [0.4, 0.5) is 0 Å². The Morgan fingerprint density at radius 3 is 2.51 bits per heavy atom. The molecule has 1 saturated heterocycles. The van der Waals surface area contributed by atoms with Crippen molar-refractivity contribution in [3.05, 3.63) is 57.3 Å². The van der Waals surface area contributed by atoms with E-state index >= 15 is 0 Å². The maximum Gasteiger partial charge on any atom is 0.279 e. The molecular weight excluding hydrogens is 554 g/mol. The highest BCUT2D eigenvalue weighted by atomic mass is 79.9. The third-order valence-electron chi connectivity index (χ3n) is 5.63. The summed E-state index contributed by atoms with van der Waals surface area (Å²) in [7, 11) is -3.68. The van der Waals surface area contributed by atoms with Gasteiger partial charge in [-0.15, -0.1) is 0 Å². The molecule has 0 spiro atoms. The number of carbonyl (C=O) groups excluding carboxylic acids is 1. The molecule has 188 valence electrons. The fraction of sp³-hybridized carbons (Fsp3) is 0.417. The number of morpholine rings is 1. The first-order valence-electron chi connectivity index (χ1n) is 11.4. The Kier molecular flexibility index (Phi) is 8.24. The monoisotopic (exact) mass is 581 g/mol. The van der Waals surface area contributed by atoms with Crippen LogP contribution in [-0.4, -0.2) is 61.7 Å². The number of thiazole rings is 1. The van der Waals surface area contributed by atoms with Gasteiger partial charge in [0.15, 0.2) is 4.80 Å². The number of aromatic nitrogens is 1. The summed E-state index contributed by atoms with van der Waals surface area (Å²) in [5, 5.41) is 0. The average molecular weight is 583 g/mol. The van der Waals surface area contributed by atoms with Crippen molar-refractivity contribution in [1.29, 1.82) is 0 Å². The molecule has 0 aliphatic carbocycles. The van der Waals surface area contributed by atoms with E-state index in [4.69, 9.17) is 9.47 Å². The Morgan fingerprint density at radius 1 is 1.17 bits per heavy atom. The molecule has 1 fully saturated rings. The lowest BCUT2D eigenvalue weighted by molar-refractivity contribution is -0.0440. The van der Waals surface area contributed by atoms with Crippen LogP contribution < -0.4 is 4.80 Å². The number of sulfonamides is 1. The smallest absolute Gasteiger partial charge is 0.279 e. The van der Waals surface area contributed by atoms with Crippen molar-refractivity contribution in [3.8, 4) is 0 Å². The lowest BCUT2D eigenvalue weighted by Gasteiger charge is -2.34. The summed E-state index contributed by atoms with van der Waals surface area (Å²) in [6, 6.07) is 11.9. The normalized spacial score (nSPS) is 19.9. The molecule has 35 heavy (non-hydrogen) atoms. The molecule has 0 N–H and O–H groups in total. The van der Waals surface area contributed by atoms with Gasteiger partial charge in [-0.2, -0.15) is 9.30 Å². The van der Waals surface area contributed by atoms with Crippen LogP contribution in [0.5, 0.6) is 0 Å². The largest absolute Gasteiger partial charge is 0.380 e. The van der Waals surface area contributed by atoms with E-state index in [9.17, 15) is 13.2 Å². The first kappa shape index (κ1) is 26.2. The minimum Gasteiger partial charge on any atom is -0.380 e. The molecule has 2 atom stereocenters. The van der Waals surface area contributed by atoms with Gasteiger partial charge < -0.3 is 14.0 Å². The van der Waals surface area contributed by atoms with E-state index in [-0.39, 0.29) is 17.1 Å². The van der Waals surface area contributed by atoms with Gasteiger partial charge in [-0.25, -0.2) is 8.42 Å². The zero-order valence-electron chi connectivity index (χ0n) is 19.8. The Morgan fingerprint density at radius 2 is 1.86 bits per heavy atom. The zero-order chi connectivity index (χ0) is 25.2. The van der Waals surface area contributed by atoms with E-state index in [2.05, 4.69) is 20.9 Å². The third-order valence-corrected chi connectivity index (χ3v) is 9.01. The van der Waals surface area contributed by atoms with Gasteiger partial charge in [0, 0.05) is 36.3 Å². The molecule has 0 unspecified atom stereocenters. The molecule has 2 heterocycles. The Labute approximate surface area is 217 Å². The van der Waals surface area contributed by atoms with Crippen LogP contribution in [-0.2, 0) is 26.0 Å². The van der Waals surface area contributed by atoms with Crippen molar-refractivity contribution < 1.29 is 22.7 Å². The lowest BCUT2D eigenvalue weighted by Crippen LogP contribution is -2.48. The molecular formula is C24H28BrN3O5S2. The van der Waals surface area contributed by atoms with Crippen molar-refractivity contribution in [2.75, 3.05) is 26.3 Å². The Bertz CT molecular complexity index is 1370. The van der Waals surface area contributed by atoms with Gasteiger partial charge in [-0.3, -0.25) is 4.79 Å². The fourth-order valence-corrected chi connectivity index (χ4v) is 7.24. The lowest BCUT2D eigenvalue weighted by atomic mass is 10.2. The topological polar surface area (TPSA) is 90.2 Å². The highest BCUT2D eigenvalue weighted by molar-refractivity contribution is 9.10. The molecule has 1 aliphatic rings. The number of halogens is 1. The maximum absolute atomic E-state index is 13.1. The number of benzene rings is 2. The number of carbonyl (C=O) groups is 1. The molecule has 1 amide bonds. The highest BCUT2D eigenvalue weighted by Gasteiger charge is 2.32. The second-order valence-electron chi connectivity index (χ2n) is 8.37. The zero-order valence-corrected chi connectivity index (χ0v) is 23.0. The summed E-state index contributed by atoms with van der Waals surface area (Å²) >= 11 is 4.91. The molecule has 3 aromatic rings. The second kappa shape index (κ2) is 11.0. The number of amides is 1. The molecule has 11 heteroatoms. The quantitative estimate of drug-likeness (QED) is 0.393. The number of nitrogens with zero attached hydrogens (tertiary/aromatic N) is 3. The minimum atomic E-state index is -3.68. The standard InChI is InChI=1S/C24H28BrN3O5S2/c1-4-32-12-11-28-21-10-7-19(25)13-22(21)34-24(28)26-23(29)18-5-8-20(9-6-18)35(30,31)27-14-16(2)33-17(3)15-27/h5-10,13,16-17H,4,11-12,14-15H2,1-3H3/t16-,17-/m1/s1. The number of hydrogen-bond acceptors (Lipinski definition) is 6. The summed E-state index contributed by atoms with van der Waals surface area (Å²) in [6.07, 6.45) is -0.353. The van der Waals surface area contributed by atoms with Crippen LogP contribution in [0.25, 0.3) is 10.2 Å². The van der Waals surface area contributed by atoms with Gasteiger partial charge >= 0.3 is 0 Å². The van der Waals surface area contributed by atoms with Crippen molar-refractivity contribution >= 4 is 53.4 Å². The first-order chi connectivity index (χ1) is 16.7. The second-order valence-corrected chi connectivity index (χ2v) is 12.2. The summed E-state index contributed by atoms with van der Waals surface area (Å²) in [6.45, 7) is 7.92. The molecule has 8 nitrogen and oxygen atoms in total. The van der Waals surface area contributed by atoms with Crippen LogP contribution in [0.3, 0.4) is 0 Å². The van der Waals surface area contributed by atoms with Crippen molar-refractivity contribution in [1.82, 2.24) is 8.87 Å². The summed E-state index contributed by atoms with van der Waals surface area (Å²) in [4.78, 5) is 18.1. The summed E-state index contributed by atoms with van der Waals surface area (Å²) < 4.78 is 42.7. The molecule has 0 saturated carbocycles. The maximum atomic E-state index is 13.1. The summed E-state index contributed by atoms with van der Waals surface area (Å²) in [5.41, 5.74) is 1.29. The van der Waals surface area contributed by atoms with Crippen molar-refractivity contribution in [3.63, 3.8) is 0 Å². The SMILES string of the molecule is CCOCCn1c(=NC(=O)c2ccc(S(=O)(=O)N3C[C@@H](C)O[C@H](C)C3)cc2)sc2cc(Br)ccc21. The molecule has 4 rings (SSSR count). The van der Waals surface area contributed by atoms with E-state index < -0.39 is 15.9 Å². The van der Waals surface area contributed by atoms with Crippen LogP contribution in [0.1, 0.15) is 31.1 Å². The number of fused-ring (bicyclic) bond motifs is 1. The van der Waals surface area contributed by atoms with Crippen LogP contribution in [0.15, 0.2) is 56.8 Å². The number of ether oxygens (including phenoxy) is 2. The predicted octanol–water partition coefficient (Wildman–Crippen LogP) is 4.04. The van der Waals surface area contributed by atoms with E-state index in [1.807, 2.05) is 43.5 Å². The fourth-order valence-electron chi connectivity index (χ4n) is 4.05. The first-order valence-corrected chi connectivity index (χ1v) is 14.5. The Balaban J connectivity index is 1.62. The minimum absolute atomic E-state index is 0.147. The van der Waals surface area contributed by atoms with Crippen LogP contribution >= 0.6 is 27.3 Å². The number of rotatable bonds is 7. The molecule has 0 radical (unpaired) electrons. The van der Waals surface area contributed by atoms with Gasteiger partial charge in [0.25, 0.3) is 5.91 Å². The van der Waals surface area contributed by atoms with Gasteiger partial charge in [0.2, 0.25) is 10.0 Å². The predicted molar refractivity (Wildman–Crippen MR) is 139 cm³/mol. The number of hydrogen-bond donors (Lipinski definition) is 0. The van der Waals surface area contributed by atoms with Crippen LogP contribution in [0, 0.1) is 0 Å². The van der Waals surface area contributed by atoms with Crippen molar-refractivity contribution in [2.24, 2.45) is 4.99 Å². The van der Waals surface area contributed by atoms with Crippen molar-refractivity contribution in [2.45, 2.75) is 44.4 Å². The van der Waals surface area contributed by atoms with Gasteiger partial charge in [-0.05, 0) is 63.2 Å².